The number of carbonyl (C=O) groups is 1. The normalized spacial score (nSPS) is 12.1. The Kier molecular flexibility index (Phi) is 3.10. The number of rotatable bonds is 3. The summed E-state index contributed by atoms with van der Waals surface area (Å²) in [5.41, 5.74) is 1.76. The minimum absolute atomic E-state index is 0.120. The first-order valence-corrected chi connectivity index (χ1v) is 5.28. The van der Waals surface area contributed by atoms with E-state index < -0.39 is 0 Å². The van der Waals surface area contributed by atoms with Crippen LogP contribution in [0.25, 0.3) is 0 Å². The highest BCUT2D eigenvalue weighted by molar-refractivity contribution is 6.00. The summed E-state index contributed by atoms with van der Waals surface area (Å²) in [6, 6.07) is 13.1. The monoisotopic (exact) mass is 211 g/mol. The van der Waals surface area contributed by atoms with Crippen molar-refractivity contribution in [1.82, 2.24) is 4.98 Å². The maximum absolute atomic E-state index is 12.1. The van der Waals surface area contributed by atoms with E-state index in [-0.39, 0.29) is 11.7 Å². The summed E-state index contributed by atoms with van der Waals surface area (Å²) in [5, 5.41) is 0. The van der Waals surface area contributed by atoms with Crippen LogP contribution in [0.4, 0.5) is 0 Å². The Morgan fingerprint density at radius 1 is 1.06 bits per heavy atom. The molecular formula is C14H13NO. The second-order valence-electron chi connectivity index (χ2n) is 3.73. The van der Waals surface area contributed by atoms with Crippen molar-refractivity contribution in [3.63, 3.8) is 0 Å². The third-order valence-electron chi connectivity index (χ3n) is 2.66. The lowest BCUT2D eigenvalue weighted by Gasteiger charge is -2.10. The molecule has 80 valence electrons. The molecule has 0 aliphatic carbocycles. The number of ketones is 1. The van der Waals surface area contributed by atoms with Crippen molar-refractivity contribution >= 4 is 5.78 Å². The van der Waals surface area contributed by atoms with E-state index in [4.69, 9.17) is 0 Å². The van der Waals surface area contributed by atoms with Gasteiger partial charge in [-0.3, -0.25) is 9.78 Å². The van der Waals surface area contributed by atoms with E-state index in [0.717, 1.165) is 11.1 Å². The van der Waals surface area contributed by atoms with E-state index in [0.29, 0.717) is 0 Å². The number of hydrogen-bond acceptors (Lipinski definition) is 2. The molecule has 0 spiro atoms. The Bertz CT molecular complexity index is 465. The first-order chi connectivity index (χ1) is 7.79. The SMILES string of the molecule is C[C@@H](C(=O)c1ccccc1)c1ccncc1. The summed E-state index contributed by atoms with van der Waals surface area (Å²) in [5.74, 6) is 0.0252. The molecule has 2 nitrogen and oxygen atoms in total. The van der Waals surface area contributed by atoms with Crippen molar-refractivity contribution in [2.75, 3.05) is 0 Å². The van der Waals surface area contributed by atoms with Crippen molar-refractivity contribution in [3.05, 3.63) is 66.0 Å². The summed E-state index contributed by atoms with van der Waals surface area (Å²) >= 11 is 0. The maximum Gasteiger partial charge on any atom is 0.170 e. The molecule has 0 saturated heterocycles. The van der Waals surface area contributed by atoms with Crippen molar-refractivity contribution in [2.45, 2.75) is 12.8 Å². The minimum Gasteiger partial charge on any atom is -0.294 e. The Balaban J connectivity index is 2.24. The van der Waals surface area contributed by atoms with E-state index >= 15 is 0 Å². The quantitative estimate of drug-likeness (QED) is 0.730. The van der Waals surface area contributed by atoms with Crippen LogP contribution < -0.4 is 0 Å². The van der Waals surface area contributed by atoms with E-state index in [1.165, 1.54) is 0 Å². The molecule has 0 amide bonds. The van der Waals surface area contributed by atoms with Gasteiger partial charge in [0.15, 0.2) is 5.78 Å². The van der Waals surface area contributed by atoms with Gasteiger partial charge in [0.1, 0.15) is 0 Å². The number of benzene rings is 1. The fourth-order valence-corrected chi connectivity index (χ4v) is 1.66. The third-order valence-corrected chi connectivity index (χ3v) is 2.66. The molecule has 0 aliphatic rings. The Hall–Kier alpha value is -1.96. The lowest BCUT2D eigenvalue weighted by Crippen LogP contribution is -2.09. The highest BCUT2D eigenvalue weighted by Crippen LogP contribution is 2.19. The van der Waals surface area contributed by atoms with Crippen LogP contribution in [0.5, 0.6) is 0 Å². The molecule has 0 N–H and O–H groups in total. The van der Waals surface area contributed by atoms with Gasteiger partial charge in [0.05, 0.1) is 0 Å². The zero-order chi connectivity index (χ0) is 11.4. The molecule has 0 saturated carbocycles. The molecule has 16 heavy (non-hydrogen) atoms. The molecule has 0 unspecified atom stereocenters. The average Bonchev–Trinajstić information content (AvgIpc) is 2.39. The Labute approximate surface area is 95.0 Å². The van der Waals surface area contributed by atoms with Crippen LogP contribution in [0, 0.1) is 0 Å². The van der Waals surface area contributed by atoms with Gasteiger partial charge < -0.3 is 0 Å². The van der Waals surface area contributed by atoms with Gasteiger partial charge >= 0.3 is 0 Å². The summed E-state index contributed by atoms with van der Waals surface area (Å²) in [7, 11) is 0. The number of nitrogens with zero attached hydrogens (tertiary/aromatic N) is 1. The van der Waals surface area contributed by atoms with Crippen LogP contribution in [-0.4, -0.2) is 10.8 Å². The van der Waals surface area contributed by atoms with Crippen molar-refractivity contribution in [1.29, 1.82) is 0 Å². The van der Waals surface area contributed by atoms with E-state index in [2.05, 4.69) is 4.98 Å². The summed E-state index contributed by atoms with van der Waals surface area (Å²) in [6.07, 6.45) is 3.42. The van der Waals surface area contributed by atoms with Crippen molar-refractivity contribution in [2.24, 2.45) is 0 Å². The summed E-state index contributed by atoms with van der Waals surface area (Å²) in [4.78, 5) is 16.1. The van der Waals surface area contributed by atoms with Crippen LogP contribution in [0.2, 0.25) is 0 Å². The topological polar surface area (TPSA) is 30.0 Å². The third kappa shape index (κ3) is 2.16. The molecule has 1 aromatic heterocycles. The Morgan fingerprint density at radius 3 is 2.31 bits per heavy atom. The van der Waals surface area contributed by atoms with Crippen LogP contribution in [0.1, 0.15) is 28.8 Å². The van der Waals surface area contributed by atoms with Crippen molar-refractivity contribution in [3.8, 4) is 0 Å². The molecule has 2 aromatic rings. The van der Waals surface area contributed by atoms with Gasteiger partial charge in [-0.2, -0.15) is 0 Å². The van der Waals surface area contributed by atoms with Crippen LogP contribution >= 0.6 is 0 Å². The maximum atomic E-state index is 12.1. The standard InChI is InChI=1S/C14H13NO/c1-11(12-7-9-15-10-8-12)14(16)13-5-3-2-4-6-13/h2-11H,1H3/t11-/m1/s1. The molecule has 2 rings (SSSR count). The zero-order valence-corrected chi connectivity index (χ0v) is 9.13. The molecule has 1 aromatic carbocycles. The van der Waals surface area contributed by atoms with Gasteiger partial charge in [0.25, 0.3) is 0 Å². The molecular weight excluding hydrogens is 198 g/mol. The molecule has 1 heterocycles. The number of Topliss-reactive ketones (excluding diaryl/α,β-unsaturated/α-hetero) is 1. The van der Waals surface area contributed by atoms with Crippen LogP contribution in [0.3, 0.4) is 0 Å². The lowest BCUT2D eigenvalue weighted by atomic mass is 9.93. The Morgan fingerprint density at radius 2 is 1.69 bits per heavy atom. The first kappa shape index (κ1) is 10.6. The highest BCUT2D eigenvalue weighted by Gasteiger charge is 2.16. The number of pyridine rings is 1. The highest BCUT2D eigenvalue weighted by atomic mass is 16.1. The van der Waals surface area contributed by atoms with Gasteiger partial charge in [-0.15, -0.1) is 0 Å². The molecule has 0 bridgehead atoms. The molecule has 2 heteroatoms. The first-order valence-electron chi connectivity index (χ1n) is 5.28. The van der Waals surface area contributed by atoms with Gasteiger partial charge in [-0.1, -0.05) is 37.3 Å². The van der Waals surface area contributed by atoms with E-state index in [1.54, 1.807) is 12.4 Å². The average molecular weight is 211 g/mol. The second kappa shape index (κ2) is 4.71. The predicted octanol–water partition coefficient (Wildman–Crippen LogP) is 3.07. The zero-order valence-electron chi connectivity index (χ0n) is 9.13. The lowest BCUT2D eigenvalue weighted by molar-refractivity contribution is 0.0966. The van der Waals surface area contributed by atoms with Gasteiger partial charge in [-0.05, 0) is 17.7 Å². The van der Waals surface area contributed by atoms with Gasteiger partial charge in [0.2, 0.25) is 0 Å². The molecule has 0 radical (unpaired) electrons. The molecule has 1 atom stereocenters. The number of carbonyl (C=O) groups excluding carboxylic acids is 1. The molecule has 0 aliphatic heterocycles. The fourth-order valence-electron chi connectivity index (χ4n) is 1.66. The molecule has 0 fully saturated rings. The number of aromatic nitrogens is 1. The van der Waals surface area contributed by atoms with E-state index in [1.807, 2.05) is 49.4 Å². The van der Waals surface area contributed by atoms with Gasteiger partial charge in [-0.25, -0.2) is 0 Å². The second-order valence-corrected chi connectivity index (χ2v) is 3.73. The van der Waals surface area contributed by atoms with Gasteiger partial charge in [0, 0.05) is 23.9 Å². The summed E-state index contributed by atoms with van der Waals surface area (Å²) < 4.78 is 0. The fraction of sp³-hybridized carbons (Fsp3) is 0.143. The largest absolute Gasteiger partial charge is 0.294 e. The van der Waals surface area contributed by atoms with E-state index in [9.17, 15) is 4.79 Å². The number of hydrogen-bond donors (Lipinski definition) is 0. The van der Waals surface area contributed by atoms with Crippen LogP contribution in [0.15, 0.2) is 54.9 Å². The minimum atomic E-state index is -0.120. The van der Waals surface area contributed by atoms with Crippen molar-refractivity contribution < 1.29 is 4.79 Å². The summed E-state index contributed by atoms with van der Waals surface area (Å²) in [6.45, 7) is 1.92. The predicted molar refractivity (Wildman–Crippen MR) is 63.4 cm³/mol. The smallest absolute Gasteiger partial charge is 0.170 e. The van der Waals surface area contributed by atoms with Crippen LogP contribution in [-0.2, 0) is 0 Å².